The molecule has 1 aliphatic heterocycles. The predicted molar refractivity (Wildman–Crippen MR) is 105 cm³/mol. The van der Waals surface area contributed by atoms with Crippen LogP contribution in [-0.4, -0.2) is 30.5 Å². The van der Waals surface area contributed by atoms with E-state index in [1.165, 1.54) is 6.07 Å². The average Bonchev–Trinajstić information content (AvgIpc) is 3.27. The number of nitrogens with one attached hydrogen (secondary N) is 2. The van der Waals surface area contributed by atoms with Crippen molar-refractivity contribution < 1.29 is 13.6 Å². The molecule has 2 aromatic carbocycles. The maximum absolute atomic E-state index is 13.4. The van der Waals surface area contributed by atoms with Gasteiger partial charge in [-0.25, -0.2) is 8.78 Å². The fourth-order valence-electron chi connectivity index (χ4n) is 3.51. The fraction of sp³-hybridized carbons (Fsp3) is 0.250. The van der Waals surface area contributed by atoms with Crippen molar-refractivity contribution in [1.82, 2.24) is 10.3 Å². The van der Waals surface area contributed by atoms with Gasteiger partial charge in [0.1, 0.15) is 5.69 Å². The van der Waals surface area contributed by atoms with Gasteiger partial charge in [-0.2, -0.15) is 0 Å². The number of amides is 1. The Labute approximate surface area is 163 Å². The molecule has 2 heterocycles. The van der Waals surface area contributed by atoms with Gasteiger partial charge in [-0.15, -0.1) is 0 Å². The van der Waals surface area contributed by atoms with E-state index in [0.29, 0.717) is 24.5 Å². The maximum atomic E-state index is 13.4. The van der Waals surface area contributed by atoms with Crippen molar-refractivity contribution in [2.75, 3.05) is 24.5 Å². The zero-order valence-corrected chi connectivity index (χ0v) is 16.0. The number of anilines is 1. The van der Waals surface area contributed by atoms with Crippen LogP contribution in [0.15, 0.2) is 46.9 Å². The van der Waals surface area contributed by atoms with E-state index < -0.39 is 11.6 Å². The molecule has 4 nitrogen and oxygen atoms in total. The largest absolute Gasteiger partial charge is 0.371 e. The molecule has 1 saturated heterocycles. The second kappa shape index (κ2) is 7.31. The number of para-hydroxylation sites is 1. The number of benzene rings is 2. The summed E-state index contributed by atoms with van der Waals surface area (Å²) in [5, 5.41) is 3.94. The number of aromatic amines is 1. The summed E-state index contributed by atoms with van der Waals surface area (Å²) in [5.41, 5.74) is 2.08. The Hall–Kier alpha value is -2.41. The van der Waals surface area contributed by atoms with Gasteiger partial charge in [0, 0.05) is 42.3 Å². The van der Waals surface area contributed by atoms with E-state index in [1.807, 2.05) is 29.2 Å². The van der Waals surface area contributed by atoms with Crippen LogP contribution in [0.3, 0.4) is 0 Å². The van der Waals surface area contributed by atoms with Crippen LogP contribution in [-0.2, 0) is 0 Å². The van der Waals surface area contributed by atoms with E-state index in [0.717, 1.165) is 34.4 Å². The van der Waals surface area contributed by atoms with Crippen molar-refractivity contribution in [2.45, 2.75) is 6.42 Å². The van der Waals surface area contributed by atoms with Gasteiger partial charge in [0.05, 0.1) is 4.47 Å². The number of aromatic nitrogens is 1. The van der Waals surface area contributed by atoms with Gasteiger partial charge in [0.15, 0.2) is 11.6 Å². The highest BCUT2D eigenvalue weighted by molar-refractivity contribution is 9.10. The van der Waals surface area contributed by atoms with Crippen LogP contribution in [0.1, 0.15) is 16.9 Å². The van der Waals surface area contributed by atoms with Gasteiger partial charge in [-0.05, 0) is 46.5 Å². The average molecular weight is 434 g/mol. The monoisotopic (exact) mass is 433 g/mol. The molecule has 0 spiro atoms. The van der Waals surface area contributed by atoms with Crippen molar-refractivity contribution in [3.05, 3.63) is 64.3 Å². The van der Waals surface area contributed by atoms with Crippen LogP contribution < -0.4 is 10.2 Å². The summed E-state index contributed by atoms with van der Waals surface area (Å²) < 4.78 is 27.3. The number of H-pyrrole nitrogens is 1. The van der Waals surface area contributed by atoms with Gasteiger partial charge < -0.3 is 15.2 Å². The molecule has 140 valence electrons. The number of hydrogen-bond donors (Lipinski definition) is 2. The SMILES string of the molecule is O=C(NCC1CCN(c2ccc(F)c(F)c2)C1)c1[nH]c2ccccc2c1Br. The molecule has 7 heteroatoms. The number of carbonyl (C=O) groups is 1. The van der Waals surface area contributed by atoms with E-state index >= 15 is 0 Å². The van der Waals surface area contributed by atoms with Crippen molar-refractivity contribution in [3.8, 4) is 0 Å². The van der Waals surface area contributed by atoms with Crippen molar-refractivity contribution in [1.29, 1.82) is 0 Å². The molecule has 4 rings (SSSR count). The molecule has 0 bridgehead atoms. The van der Waals surface area contributed by atoms with E-state index in [2.05, 4.69) is 26.2 Å². The second-order valence-corrected chi connectivity index (χ2v) is 7.56. The van der Waals surface area contributed by atoms with E-state index in [-0.39, 0.29) is 11.8 Å². The zero-order valence-electron chi connectivity index (χ0n) is 14.4. The van der Waals surface area contributed by atoms with Crippen LogP contribution in [0.2, 0.25) is 0 Å². The van der Waals surface area contributed by atoms with Crippen LogP contribution in [0, 0.1) is 17.6 Å². The number of fused-ring (bicyclic) bond motifs is 1. The molecule has 1 fully saturated rings. The number of halogens is 3. The Morgan fingerprint density at radius 3 is 2.81 bits per heavy atom. The van der Waals surface area contributed by atoms with Gasteiger partial charge >= 0.3 is 0 Å². The van der Waals surface area contributed by atoms with Crippen molar-refractivity contribution >= 4 is 38.4 Å². The first-order valence-electron chi connectivity index (χ1n) is 8.77. The summed E-state index contributed by atoms with van der Waals surface area (Å²) in [4.78, 5) is 17.7. The molecule has 27 heavy (non-hydrogen) atoms. The third-order valence-electron chi connectivity index (χ3n) is 4.98. The quantitative estimate of drug-likeness (QED) is 0.637. The number of rotatable bonds is 4. The van der Waals surface area contributed by atoms with Gasteiger partial charge in [0.2, 0.25) is 0 Å². The zero-order chi connectivity index (χ0) is 19.0. The molecular formula is C20H18BrF2N3O. The Bertz CT molecular complexity index is 1000. The molecule has 1 unspecified atom stereocenters. The molecular weight excluding hydrogens is 416 g/mol. The lowest BCUT2D eigenvalue weighted by atomic mass is 10.1. The summed E-state index contributed by atoms with van der Waals surface area (Å²) in [6, 6.07) is 11.7. The van der Waals surface area contributed by atoms with Gasteiger partial charge in [-0.1, -0.05) is 18.2 Å². The maximum Gasteiger partial charge on any atom is 0.268 e. The minimum atomic E-state index is -0.842. The topological polar surface area (TPSA) is 48.1 Å². The smallest absolute Gasteiger partial charge is 0.268 e. The van der Waals surface area contributed by atoms with Crippen LogP contribution in [0.25, 0.3) is 10.9 Å². The molecule has 1 atom stereocenters. The third kappa shape index (κ3) is 3.56. The lowest BCUT2D eigenvalue weighted by molar-refractivity contribution is 0.0943. The molecule has 0 saturated carbocycles. The first-order chi connectivity index (χ1) is 13.0. The molecule has 1 amide bonds. The summed E-state index contributed by atoms with van der Waals surface area (Å²) in [5.74, 6) is -1.59. The van der Waals surface area contributed by atoms with Gasteiger partial charge in [0.25, 0.3) is 5.91 Å². The molecule has 0 radical (unpaired) electrons. The lowest BCUT2D eigenvalue weighted by Crippen LogP contribution is -2.31. The van der Waals surface area contributed by atoms with E-state index in [1.54, 1.807) is 6.07 Å². The van der Waals surface area contributed by atoms with E-state index in [4.69, 9.17) is 0 Å². The number of hydrogen-bond acceptors (Lipinski definition) is 2. The Morgan fingerprint density at radius 2 is 2.04 bits per heavy atom. The van der Waals surface area contributed by atoms with Crippen LogP contribution in [0.4, 0.5) is 14.5 Å². The summed E-state index contributed by atoms with van der Waals surface area (Å²) in [6.07, 6.45) is 0.882. The molecule has 2 N–H and O–H groups in total. The fourth-order valence-corrected chi connectivity index (χ4v) is 4.13. The summed E-state index contributed by atoms with van der Waals surface area (Å²) >= 11 is 3.49. The lowest BCUT2D eigenvalue weighted by Gasteiger charge is -2.19. The van der Waals surface area contributed by atoms with Crippen LogP contribution >= 0.6 is 15.9 Å². The summed E-state index contributed by atoms with van der Waals surface area (Å²) in [6.45, 7) is 1.97. The third-order valence-corrected chi connectivity index (χ3v) is 5.80. The number of nitrogens with zero attached hydrogens (tertiary/aromatic N) is 1. The van der Waals surface area contributed by atoms with E-state index in [9.17, 15) is 13.6 Å². The van der Waals surface area contributed by atoms with Gasteiger partial charge in [-0.3, -0.25) is 4.79 Å². The highest BCUT2D eigenvalue weighted by Gasteiger charge is 2.24. The first kappa shape index (κ1) is 18.0. The minimum absolute atomic E-state index is 0.163. The molecule has 0 aliphatic carbocycles. The predicted octanol–water partition coefficient (Wildman–Crippen LogP) is 4.46. The number of carbonyl (C=O) groups excluding carboxylic acids is 1. The standard InChI is InChI=1S/C20H18BrF2N3O/c21-18-14-3-1-2-4-17(14)25-19(18)20(27)24-10-12-7-8-26(11-12)13-5-6-15(22)16(23)9-13/h1-6,9,12,25H,7-8,10-11H2,(H,24,27). The molecule has 3 aromatic rings. The highest BCUT2D eigenvalue weighted by atomic mass is 79.9. The Morgan fingerprint density at radius 1 is 1.22 bits per heavy atom. The molecule has 1 aliphatic rings. The minimum Gasteiger partial charge on any atom is -0.371 e. The normalized spacial score (nSPS) is 16.9. The highest BCUT2D eigenvalue weighted by Crippen LogP contribution is 2.28. The van der Waals surface area contributed by atoms with Crippen molar-refractivity contribution in [3.63, 3.8) is 0 Å². The second-order valence-electron chi connectivity index (χ2n) is 6.77. The van der Waals surface area contributed by atoms with Crippen LogP contribution in [0.5, 0.6) is 0 Å². The Kier molecular flexibility index (Phi) is 4.86. The van der Waals surface area contributed by atoms with Crippen molar-refractivity contribution in [2.24, 2.45) is 5.92 Å². The summed E-state index contributed by atoms with van der Waals surface area (Å²) in [7, 11) is 0. The first-order valence-corrected chi connectivity index (χ1v) is 9.56. The molecule has 1 aromatic heterocycles. The Balaban J connectivity index is 1.38.